The minimum atomic E-state index is -0.165. The number of nitrogens with one attached hydrogen (secondary N) is 2. The molecule has 4 amide bonds. The molecule has 2 aliphatic heterocycles. The van der Waals surface area contributed by atoms with Crippen LogP contribution in [0.3, 0.4) is 0 Å². The first kappa shape index (κ1) is 25.9. The van der Waals surface area contributed by atoms with Crippen LogP contribution in [0.2, 0.25) is 0 Å². The lowest BCUT2D eigenvalue weighted by atomic mass is 9.95. The van der Waals surface area contributed by atoms with Crippen LogP contribution in [-0.2, 0) is 25.5 Å². The summed E-state index contributed by atoms with van der Waals surface area (Å²) < 4.78 is 5.29. The van der Waals surface area contributed by atoms with E-state index in [9.17, 15) is 19.2 Å². The van der Waals surface area contributed by atoms with Gasteiger partial charge in [-0.2, -0.15) is 0 Å². The van der Waals surface area contributed by atoms with Crippen molar-refractivity contribution >= 4 is 35.0 Å². The van der Waals surface area contributed by atoms with Gasteiger partial charge in [-0.05, 0) is 67.6 Å². The molecule has 0 atom stereocenters. The second kappa shape index (κ2) is 11.8. The number of benzene rings is 2. The van der Waals surface area contributed by atoms with E-state index < -0.39 is 0 Å². The number of morpholine rings is 1. The molecule has 5 rings (SSSR count). The SMILES string of the molecule is O=C(Cc1ccc(NC(=O)C2CCN(C(=O)C3CC3)CC2)cc1)Nc1ccc(C(=O)N2CCOCC2)cc1. The van der Waals surface area contributed by atoms with Gasteiger partial charge in [0.2, 0.25) is 17.7 Å². The summed E-state index contributed by atoms with van der Waals surface area (Å²) in [5.41, 5.74) is 2.73. The molecule has 1 saturated carbocycles. The van der Waals surface area contributed by atoms with E-state index in [4.69, 9.17) is 4.74 Å². The van der Waals surface area contributed by atoms with Crippen molar-refractivity contribution in [2.24, 2.45) is 11.8 Å². The summed E-state index contributed by atoms with van der Waals surface area (Å²) in [6.07, 6.45) is 3.57. The Morgan fingerprint density at radius 2 is 1.32 bits per heavy atom. The second-order valence-corrected chi connectivity index (χ2v) is 10.3. The monoisotopic (exact) mass is 518 g/mol. The van der Waals surface area contributed by atoms with Gasteiger partial charge in [-0.1, -0.05) is 12.1 Å². The third kappa shape index (κ3) is 6.58. The molecule has 2 aromatic carbocycles. The largest absolute Gasteiger partial charge is 0.378 e. The van der Waals surface area contributed by atoms with Gasteiger partial charge >= 0.3 is 0 Å². The lowest BCUT2D eigenvalue weighted by molar-refractivity contribution is -0.135. The predicted octanol–water partition coefficient (Wildman–Crippen LogP) is 2.93. The van der Waals surface area contributed by atoms with Crippen molar-refractivity contribution in [1.29, 1.82) is 0 Å². The van der Waals surface area contributed by atoms with Crippen LogP contribution >= 0.6 is 0 Å². The topological polar surface area (TPSA) is 108 Å². The molecule has 3 fully saturated rings. The van der Waals surface area contributed by atoms with Crippen molar-refractivity contribution in [3.05, 3.63) is 59.7 Å². The van der Waals surface area contributed by atoms with E-state index in [1.165, 1.54) is 0 Å². The summed E-state index contributed by atoms with van der Waals surface area (Å²) in [5.74, 6) is 0.148. The van der Waals surface area contributed by atoms with Crippen LogP contribution in [0.1, 0.15) is 41.6 Å². The zero-order valence-electron chi connectivity index (χ0n) is 21.5. The van der Waals surface area contributed by atoms with Crippen LogP contribution in [0.5, 0.6) is 0 Å². The van der Waals surface area contributed by atoms with Gasteiger partial charge in [-0.15, -0.1) is 0 Å². The fourth-order valence-electron chi connectivity index (χ4n) is 4.94. The highest BCUT2D eigenvalue weighted by Gasteiger charge is 2.36. The maximum Gasteiger partial charge on any atom is 0.254 e. The molecule has 9 nitrogen and oxygen atoms in total. The first-order chi connectivity index (χ1) is 18.5. The molecule has 0 bridgehead atoms. The Labute approximate surface area is 222 Å². The Balaban J connectivity index is 1.06. The lowest BCUT2D eigenvalue weighted by Crippen LogP contribution is -2.42. The van der Waals surface area contributed by atoms with E-state index in [1.807, 2.05) is 17.0 Å². The number of carbonyl (C=O) groups is 4. The first-order valence-corrected chi connectivity index (χ1v) is 13.4. The summed E-state index contributed by atoms with van der Waals surface area (Å²) in [6.45, 7) is 3.57. The number of amides is 4. The Morgan fingerprint density at radius 1 is 0.711 bits per heavy atom. The maximum absolute atomic E-state index is 12.7. The number of nitrogens with zero attached hydrogens (tertiary/aromatic N) is 2. The van der Waals surface area contributed by atoms with Crippen molar-refractivity contribution in [3.8, 4) is 0 Å². The summed E-state index contributed by atoms with van der Waals surface area (Å²) in [7, 11) is 0. The van der Waals surface area contributed by atoms with E-state index in [0.717, 1.165) is 18.4 Å². The molecular formula is C29H34N4O5. The standard InChI is InChI=1S/C29H34N4O5/c34-26(30-24-9-5-23(6-10-24)29(37)33-15-17-38-18-16-33)19-20-1-7-25(8-2-20)31-27(35)21-11-13-32(14-12-21)28(36)22-3-4-22/h1-2,5-10,21-22H,3-4,11-19H2,(H,30,34)(H,31,35). The van der Waals surface area contributed by atoms with Gasteiger partial charge in [-0.25, -0.2) is 0 Å². The second-order valence-electron chi connectivity index (χ2n) is 10.3. The van der Waals surface area contributed by atoms with Crippen molar-refractivity contribution in [2.45, 2.75) is 32.1 Å². The number of ether oxygens (including phenoxy) is 1. The number of carbonyl (C=O) groups excluding carboxylic acids is 4. The van der Waals surface area contributed by atoms with E-state index in [0.29, 0.717) is 69.2 Å². The molecule has 9 heteroatoms. The average molecular weight is 519 g/mol. The number of likely N-dealkylation sites (tertiary alicyclic amines) is 1. The molecule has 2 aromatic rings. The molecule has 200 valence electrons. The highest BCUT2D eigenvalue weighted by molar-refractivity contribution is 5.96. The first-order valence-electron chi connectivity index (χ1n) is 13.4. The van der Waals surface area contributed by atoms with E-state index >= 15 is 0 Å². The van der Waals surface area contributed by atoms with Crippen LogP contribution in [0, 0.1) is 11.8 Å². The maximum atomic E-state index is 12.7. The Kier molecular flexibility index (Phi) is 8.03. The summed E-state index contributed by atoms with van der Waals surface area (Å²) in [5, 5.41) is 5.83. The molecule has 0 aromatic heterocycles. The number of piperidine rings is 1. The van der Waals surface area contributed by atoms with Crippen molar-refractivity contribution in [1.82, 2.24) is 9.80 Å². The molecule has 2 saturated heterocycles. The van der Waals surface area contributed by atoms with Crippen LogP contribution in [0.25, 0.3) is 0 Å². The Morgan fingerprint density at radius 3 is 1.95 bits per heavy atom. The minimum absolute atomic E-state index is 0.0236. The molecule has 0 spiro atoms. The van der Waals surface area contributed by atoms with E-state index in [-0.39, 0.29) is 41.9 Å². The van der Waals surface area contributed by atoms with Gasteiger partial charge in [0.25, 0.3) is 5.91 Å². The van der Waals surface area contributed by atoms with Gasteiger partial charge in [-0.3, -0.25) is 19.2 Å². The molecule has 2 heterocycles. The minimum Gasteiger partial charge on any atom is -0.378 e. The lowest BCUT2D eigenvalue weighted by Gasteiger charge is -2.31. The fourth-order valence-corrected chi connectivity index (χ4v) is 4.94. The fraction of sp³-hybridized carbons (Fsp3) is 0.448. The van der Waals surface area contributed by atoms with Gasteiger partial charge in [0.1, 0.15) is 0 Å². The third-order valence-electron chi connectivity index (χ3n) is 7.40. The summed E-state index contributed by atoms with van der Waals surface area (Å²) in [6, 6.07) is 14.2. The third-order valence-corrected chi connectivity index (χ3v) is 7.40. The van der Waals surface area contributed by atoms with Crippen molar-refractivity contribution in [2.75, 3.05) is 50.0 Å². The molecule has 3 aliphatic rings. The number of hydrogen-bond acceptors (Lipinski definition) is 5. The van der Waals surface area contributed by atoms with Crippen molar-refractivity contribution in [3.63, 3.8) is 0 Å². The van der Waals surface area contributed by atoms with Crippen LogP contribution in [0.4, 0.5) is 11.4 Å². The molecule has 0 unspecified atom stereocenters. The van der Waals surface area contributed by atoms with Crippen molar-refractivity contribution < 1.29 is 23.9 Å². The van der Waals surface area contributed by atoms with E-state index in [1.54, 1.807) is 41.3 Å². The van der Waals surface area contributed by atoms with Gasteiger partial charge in [0.15, 0.2) is 0 Å². The zero-order chi connectivity index (χ0) is 26.5. The molecular weight excluding hydrogens is 484 g/mol. The number of anilines is 2. The summed E-state index contributed by atoms with van der Waals surface area (Å²) >= 11 is 0. The highest BCUT2D eigenvalue weighted by atomic mass is 16.5. The Hall–Kier alpha value is -3.72. The van der Waals surface area contributed by atoms with Gasteiger partial charge in [0, 0.05) is 55.0 Å². The van der Waals surface area contributed by atoms with Crippen LogP contribution in [-0.4, -0.2) is 72.8 Å². The van der Waals surface area contributed by atoms with Crippen LogP contribution < -0.4 is 10.6 Å². The summed E-state index contributed by atoms with van der Waals surface area (Å²) in [4.78, 5) is 53.7. The van der Waals surface area contributed by atoms with E-state index in [2.05, 4.69) is 10.6 Å². The smallest absolute Gasteiger partial charge is 0.254 e. The predicted molar refractivity (Wildman–Crippen MR) is 143 cm³/mol. The Bertz CT molecular complexity index is 1160. The number of rotatable bonds is 7. The van der Waals surface area contributed by atoms with Gasteiger partial charge < -0.3 is 25.2 Å². The average Bonchev–Trinajstić information content (AvgIpc) is 3.80. The molecule has 0 radical (unpaired) electrons. The number of hydrogen-bond donors (Lipinski definition) is 2. The molecule has 2 N–H and O–H groups in total. The zero-order valence-corrected chi connectivity index (χ0v) is 21.5. The quantitative estimate of drug-likeness (QED) is 0.586. The highest BCUT2D eigenvalue weighted by Crippen LogP contribution is 2.32. The van der Waals surface area contributed by atoms with Crippen LogP contribution in [0.15, 0.2) is 48.5 Å². The van der Waals surface area contributed by atoms with Gasteiger partial charge in [0.05, 0.1) is 19.6 Å². The molecule has 38 heavy (non-hydrogen) atoms. The normalized spacial score (nSPS) is 18.1. The molecule has 1 aliphatic carbocycles.